The Morgan fingerprint density at radius 2 is 1.50 bits per heavy atom. The maximum atomic E-state index is 9.85. The van der Waals surface area contributed by atoms with Crippen LogP contribution in [0, 0.1) is 0 Å². The van der Waals surface area contributed by atoms with Crippen LogP contribution in [0.5, 0.6) is 0 Å². The van der Waals surface area contributed by atoms with Crippen molar-refractivity contribution >= 4 is 40.7 Å². The van der Waals surface area contributed by atoms with Gasteiger partial charge in [-0.15, -0.1) is 0 Å². The molecule has 0 aromatic rings. The van der Waals surface area contributed by atoms with Gasteiger partial charge in [0.25, 0.3) is 9.70 Å². The molecule has 0 saturated heterocycles. The molecule has 0 heterocycles. The van der Waals surface area contributed by atoms with Gasteiger partial charge in [-0.05, 0) is 0 Å². The third-order valence-electron chi connectivity index (χ3n) is 0.279. The fourth-order valence-corrected chi connectivity index (χ4v) is 0. The van der Waals surface area contributed by atoms with Crippen molar-refractivity contribution in [1.82, 2.24) is 6.15 Å². The predicted molar refractivity (Wildman–Crippen MR) is 34.5 cm³/mol. The number of hydrogen-bond acceptors (Lipinski definition) is 2. The van der Waals surface area contributed by atoms with Gasteiger partial charge in [-0.25, -0.2) is 0 Å². The van der Waals surface area contributed by atoms with E-state index in [1.807, 2.05) is 0 Å². The Labute approximate surface area is 61.7 Å². The number of amides is 1. The Balaban J connectivity index is 0. The molecule has 1 amide bonds. The van der Waals surface area contributed by atoms with Gasteiger partial charge in [0.1, 0.15) is 0 Å². The molecule has 0 aromatic heterocycles. The summed E-state index contributed by atoms with van der Waals surface area (Å²) in [5.74, 6) is -0.961. The van der Waals surface area contributed by atoms with E-state index < -0.39 is 9.70 Å². The van der Waals surface area contributed by atoms with Crippen molar-refractivity contribution in [1.29, 1.82) is 0 Å². The van der Waals surface area contributed by atoms with E-state index in [0.717, 1.165) is 0 Å². The maximum absolute atomic E-state index is 9.85. The van der Waals surface area contributed by atoms with Crippen LogP contribution in [-0.2, 0) is 4.79 Å². The van der Waals surface area contributed by atoms with Crippen molar-refractivity contribution < 1.29 is 4.79 Å². The van der Waals surface area contributed by atoms with Gasteiger partial charge in [0.05, 0.1) is 0 Å². The number of hydrogen-bond donors (Lipinski definition) is 2. The van der Waals surface area contributed by atoms with Crippen LogP contribution in [0.3, 0.4) is 0 Å². The first-order chi connectivity index (χ1) is 2.94. The molecule has 5 N–H and O–H groups in total. The molecule has 50 valence electrons. The number of primary amides is 1. The van der Waals surface area contributed by atoms with Crippen LogP contribution < -0.4 is 11.9 Å². The highest BCUT2D eigenvalue weighted by Gasteiger charge is 2.26. The zero-order valence-electron chi connectivity index (χ0n) is 3.83. The smallest absolute Gasteiger partial charge is 0.269 e. The van der Waals surface area contributed by atoms with E-state index in [-0.39, 0.29) is 6.15 Å². The standard InChI is InChI=1S/C2H2Cl3NO.H3N/c3-2(4,5)1(6)7;/h(H2,6,7);1H3. The van der Waals surface area contributed by atoms with Crippen molar-refractivity contribution in [3.05, 3.63) is 0 Å². The molecule has 0 saturated carbocycles. The molecule has 0 aromatic carbocycles. The summed E-state index contributed by atoms with van der Waals surface area (Å²) in [4.78, 5) is 9.85. The van der Waals surface area contributed by atoms with Crippen molar-refractivity contribution in [2.75, 3.05) is 0 Å². The van der Waals surface area contributed by atoms with Gasteiger partial charge >= 0.3 is 0 Å². The van der Waals surface area contributed by atoms with E-state index in [9.17, 15) is 4.79 Å². The number of carbonyl (C=O) groups is 1. The lowest BCUT2D eigenvalue weighted by molar-refractivity contribution is -0.117. The van der Waals surface area contributed by atoms with Gasteiger partial charge in [0.15, 0.2) is 0 Å². The highest BCUT2D eigenvalue weighted by Crippen LogP contribution is 2.24. The molecule has 0 unspecified atom stereocenters. The first-order valence-electron chi connectivity index (χ1n) is 1.31. The maximum Gasteiger partial charge on any atom is 0.269 e. The van der Waals surface area contributed by atoms with Crippen LogP contribution in [0.4, 0.5) is 0 Å². The number of halogens is 3. The molecular formula is C2H5Cl3N2O. The molecule has 0 fully saturated rings. The molecule has 0 radical (unpaired) electrons. The van der Waals surface area contributed by atoms with Gasteiger partial charge in [-0.3, -0.25) is 4.79 Å². The van der Waals surface area contributed by atoms with Crippen molar-refractivity contribution in [2.45, 2.75) is 3.79 Å². The van der Waals surface area contributed by atoms with Crippen molar-refractivity contribution in [3.8, 4) is 0 Å². The van der Waals surface area contributed by atoms with Crippen LogP contribution in [0.2, 0.25) is 0 Å². The number of alkyl halides is 3. The lowest BCUT2D eigenvalue weighted by Gasteiger charge is -2.01. The molecule has 0 rings (SSSR count). The summed E-state index contributed by atoms with van der Waals surface area (Å²) in [6.07, 6.45) is 0. The van der Waals surface area contributed by atoms with E-state index in [2.05, 4.69) is 5.73 Å². The minimum Gasteiger partial charge on any atom is -0.366 e. The molecule has 0 aliphatic rings. The molecule has 0 bridgehead atoms. The Kier molecular flexibility index (Phi) is 4.67. The van der Waals surface area contributed by atoms with E-state index in [0.29, 0.717) is 0 Å². The molecule has 0 aliphatic carbocycles. The quantitative estimate of drug-likeness (QED) is 0.544. The summed E-state index contributed by atoms with van der Waals surface area (Å²) in [7, 11) is 0. The molecule has 0 spiro atoms. The van der Waals surface area contributed by atoms with Gasteiger partial charge in [0.2, 0.25) is 0 Å². The summed E-state index contributed by atoms with van der Waals surface area (Å²) in [5, 5.41) is 0. The Hall–Kier alpha value is 0.300. The topological polar surface area (TPSA) is 78.1 Å². The normalized spacial score (nSPS) is 9.88. The summed E-state index contributed by atoms with van der Waals surface area (Å²) in [6, 6.07) is 0. The average molecular weight is 179 g/mol. The zero-order valence-corrected chi connectivity index (χ0v) is 6.09. The Morgan fingerprint density at radius 3 is 1.50 bits per heavy atom. The van der Waals surface area contributed by atoms with Crippen LogP contribution in [0.25, 0.3) is 0 Å². The number of nitrogens with two attached hydrogens (primary N) is 1. The second-order valence-corrected chi connectivity index (χ2v) is 3.14. The monoisotopic (exact) mass is 178 g/mol. The highest BCUT2D eigenvalue weighted by atomic mass is 35.6. The molecule has 3 nitrogen and oxygen atoms in total. The lowest BCUT2D eigenvalue weighted by Crippen LogP contribution is -2.27. The molecule has 0 atom stereocenters. The third-order valence-corrected chi connectivity index (χ3v) is 0.838. The first-order valence-corrected chi connectivity index (χ1v) is 2.44. The molecular weight excluding hydrogens is 174 g/mol. The SMILES string of the molecule is N.NC(=O)C(Cl)(Cl)Cl. The van der Waals surface area contributed by atoms with E-state index >= 15 is 0 Å². The minimum absolute atomic E-state index is 0. The average Bonchev–Trinajstić information content (AvgIpc) is 1.31. The fraction of sp³-hybridized carbons (Fsp3) is 0.500. The summed E-state index contributed by atoms with van der Waals surface area (Å²) >= 11 is 14.8. The molecule has 0 aliphatic heterocycles. The fourth-order valence-electron chi connectivity index (χ4n) is 0. The molecule has 8 heavy (non-hydrogen) atoms. The van der Waals surface area contributed by atoms with Gasteiger partial charge in [-0.2, -0.15) is 0 Å². The Bertz CT molecular complexity index is 87.8. The Morgan fingerprint density at radius 1 is 1.38 bits per heavy atom. The van der Waals surface area contributed by atoms with Crippen molar-refractivity contribution in [2.24, 2.45) is 5.73 Å². The van der Waals surface area contributed by atoms with Crippen LogP contribution in [-0.4, -0.2) is 9.70 Å². The lowest BCUT2D eigenvalue weighted by atomic mass is 10.7. The number of rotatable bonds is 0. The van der Waals surface area contributed by atoms with E-state index in [1.54, 1.807) is 0 Å². The second kappa shape index (κ2) is 3.35. The van der Waals surface area contributed by atoms with E-state index in [1.165, 1.54) is 0 Å². The predicted octanol–water partition coefficient (Wildman–Crippen LogP) is 1.00. The number of carbonyl (C=O) groups excluding carboxylic acids is 1. The highest BCUT2D eigenvalue weighted by molar-refractivity contribution is 6.76. The van der Waals surface area contributed by atoms with Crippen LogP contribution >= 0.6 is 34.8 Å². The van der Waals surface area contributed by atoms with E-state index in [4.69, 9.17) is 34.8 Å². The van der Waals surface area contributed by atoms with Gasteiger partial charge < -0.3 is 11.9 Å². The largest absolute Gasteiger partial charge is 0.366 e. The van der Waals surface area contributed by atoms with Gasteiger partial charge in [0, 0.05) is 0 Å². The zero-order chi connectivity index (χ0) is 6.08. The van der Waals surface area contributed by atoms with Crippen LogP contribution in [0.1, 0.15) is 0 Å². The minimum atomic E-state index is -1.94. The summed E-state index contributed by atoms with van der Waals surface area (Å²) in [6.45, 7) is 0. The first kappa shape index (κ1) is 11.1. The van der Waals surface area contributed by atoms with Gasteiger partial charge in [-0.1, -0.05) is 34.8 Å². The summed E-state index contributed by atoms with van der Waals surface area (Å²) in [5.41, 5.74) is 4.53. The third kappa shape index (κ3) is 4.46. The van der Waals surface area contributed by atoms with Crippen molar-refractivity contribution in [3.63, 3.8) is 0 Å². The second-order valence-electron chi connectivity index (χ2n) is 0.862. The van der Waals surface area contributed by atoms with Crippen LogP contribution in [0.15, 0.2) is 0 Å². The molecule has 6 heteroatoms. The summed E-state index contributed by atoms with van der Waals surface area (Å²) < 4.78 is -1.94.